The second-order valence-corrected chi connectivity index (χ2v) is 22.6. The zero-order valence-electron chi connectivity index (χ0n) is 32.3. The standard InChI is InChI=1S/C49H49NOSi/c1-47(2,3)30-25-39-36-23-20-32(28-43(36)51-46(39)42(26-30)48(4,5)6)50(31-19-22-35-34-15-11-13-17-40(34)49(7,8)41(35)27-31)33-21-24-38-37-16-12-14-18-44(37)52(9,10)45(38)29-33/h11-29H,1-10H3. The second kappa shape index (κ2) is 10.8. The minimum absolute atomic E-state index is 0.0276. The molecule has 3 heteroatoms. The predicted octanol–water partition coefficient (Wildman–Crippen LogP) is 12.8. The van der Waals surface area contributed by atoms with E-state index in [1.807, 2.05) is 0 Å². The van der Waals surface area contributed by atoms with Gasteiger partial charge in [0.15, 0.2) is 0 Å². The van der Waals surface area contributed by atoms with Gasteiger partial charge < -0.3 is 9.32 Å². The average molecular weight is 696 g/mol. The normalized spacial score (nSPS) is 15.4. The Balaban J connectivity index is 1.27. The van der Waals surface area contributed by atoms with Gasteiger partial charge in [0.05, 0.1) is 0 Å². The molecule has 52 heavy (non-hydrogen) atoms. The first-order chi connectivity index (χ1) is 24.5. The second-order valence-electron chi connectivity index (χ2n) is 18.3. The van der Waals surface area contributed by atoms with Gasteiger partial charge in [-0.05, 0) is 103 Å². The van der Waals surface area contributed by atoms with E-state index in [0.29, 0.717) is 0 Å². The lowest BCUT2D eigenvalue weighted by molar-refractivity contribution is 0.559. The van der Waals surface area contributed by atoms with Crippen molar-refractivity contribution in [2.45, 2.75) is 84.7 Å². The van der Waals surface area contributed by atoms with Crippen LogP contribution in [0.4, 0.5) is 17.1 Å². The molecular formula is C49H49NOSi. The van der Waals surface area contributed by atoms with E-state index in [1.165, 1.54) is 71.3 Å². The van der Waals surface area contributed by atoms with Crippen molar-refractivity contribution in [1.82, 2.24) is 0 Å². The highest BCUT2D eigenvalue weighted by Crippen LogP contribution is 2.51. The first kappa shape index (κ1) is 33.0. The average Bonchev–Trinajstić information content (AvgIpc) is 3.66. The molecule has 0 atom stereocenters. The third-order valence-electron chi connectivity index (χ3n) is 12.1. The molecule has 6 aromatic carbocycles. The molecule has 260 valence electrons. The molecule has 2 nitrogen and oxygen atoms in total. The number of hydrogen-bond acceptors (Lipinski definition) is 2. The largest absolute Gasteiger partial charge is 0.456 e. The molecule has 0 fully saturated rings. The lowest BCUT2D eigenvalue weighted by Gasteiger charge is -2.29. The number of benzene rings is 6. The van der Waals surface area contributed by atoms with Gasteiger partial charge in [0, 0.05) is 44.9 Å². The van der Waals surface area contributed by atoms with Crippen molar-refractivity contribution in [1.29, 1.82) is 0 Å². The van der Waals surface area contributed by atoms with Crippen molar-refractivity contribution in [2.24, 2.45) is 0 Å². The first-order valence-electron chi connectivity index (χ1n) is 18.9. The molecule has 0 saturated carbocycles. The topological polar surface area (TPSA) is 16.4 Å². The highest BCUT2D eigenvalue weighted by atomic mass is 28.3. The SMILES string of the molecule is CC(C)(C)c1cc(C(C)(C)C)c2oc3cc(N(c4ccc5c(c4)C(C)(C)c4ccccc4-5)c4ccc5c(c4)[Si](C)(C)c4ccccc4-5)ccc3c2c1. The summed E-state index contributed by atoms with van der Waals surface area (Å²) < 4.78 is 6.92. The molecule has 7 aromatic rings. The number of furan rings is 1. The molecular weight excluding hydrogens is 647 g/mol. The number of nitrogens with zero attached hydrogens (tertiary/aromatic N) is 1. The van der Waals surface area contributed by atoms with Crippen molar-refractivity contribution in [3.63, 3.8) is 0 Å². The van der Waals surface area contributed by atoms with Crippen molar-refractivity contribution in [2.75, 3.05) is 4.90 Å². The Morgan fingerprint density at radius 3 is 1.87 bits per heavy atom. The third-order valence-corrected chi connectivity index (χ3v) is 15.7. The van der Waals surface area contributed by atoms with Crippen LogP contribution in [0, 0.1) is 0 Å². The fourth-order valence-electron chi connectivity index (χ4n) is 9.11. The van der Waals surface area contributed by atoms with Crippen LogP contribution in [-0.4, -0.2) is 8.07 Å². The van der Waals surface area contributed by atoms with Gasteiger partial charge in [-0.3, -0.25) is 0 Å². The van der Waals surface area contributed by atoms with E-state index in [0.717, 1.165) is 22.5 Å². The number of hydrogen-bond donors (Lipinski definition) is 0. The molecule has 1 aliphatic carbocycles. The molecule has 0 bridgehead atoms. The van der Waals surface area contributed by atoms with Crippen LogP contribution in [0.2, 0.25) is 13.1 Å². The summed E-state index contributed by atoms with van der Waals surface area (Å²) in [6, 6.07) is 43.8. The molecule has 9 rings (SSSR count). The number of rotatable bonds is 3. The minimum Gasteiger partial charge on any atom is -0.456 e. The summed E-state index contributed by atoms with van der Waals surface area (Å²) in [7, 11) is -1.90. The van der Waals surface area contributed by atoms with E-state index >= 15 is 0 Å². The Kier molecular flexibility index (Phi) is 6.88. The van der Waals surface area contributed by atoms with Crippen molar-refractivity contribution in [3.05, 3.63) is 138 Å². The van der Waals surface area contributed by atoms with Crippen molar-refractivity contribution in [3.8, 4) is 22.3 Å². The van der Waals surface area contributed by atoms with E-state index < -0.39 is 8.07 Å². The Bertz CT molecular complexity index is 2500. The maximum atomic E-state index is 6.92. The molecule has 0 saturated heterocycles. The molecule has 2 aliphatic rings. The quantitative estimate of drug-likeness (QED) is 0.171. The van der Waals surface area contributed by atoms with Crippen LogP contribution in [0.1, 0.15) is 77.6 Å². The van der Waals surface area contributed by atoms with E-state index in [2.05, 4.69) is 189 Å². The van der Waals surface area contributed by atoms with Crippen LogP contribution in [0.5, 0.6) is 0 Å². The molecule has 2 heterocycles. The van der Waals surface area contributed by atoms with Crippen LogP contribution >= 0.6 is 0 Å². The van der Waals surface area contributed by atoms with Gasteiger partial charge in [0.1, 0.15) is 19.2 Å². The van der Waals surface area contributed by atoms with Gasteiger partial charge >= 0.3 is 0 Å². The third kappa shape index (κ3) is 4.74. The minimum atomic E-state index is -1.90. The highest BCUT2D eigenvalue weighted by molar-refractivity contribution is 7.03. The zero-order valence-corrected chi connectivity index (χ0v) is 33.3. The molecule has 0 N–H and O–H groups in total. The van der Waals surface area contributed by atoms with Crippen molar-refractivity contribution >= 4 is 57.4 Å². The van der Waals surface area contributed by atoms with Gasteiger partial charge in [0.2, 0.25) is 0 Å². The lowest BCUT2D eigenvalue weighted by Crippen LogP contribution is -2.49. The Labute approximate surface area is 310 Å². The van der Waals surface area contributed by atoms with Gasteiger partial charge in [0.25, 0.3) is 0 Å². The van der Waals surface area contributed by atoms with Crippen LogP contribution in [-0.2, 0) is 16.2 Å². The summed E-state index contributed by atoms with van der Waals surface area (Å²) in [4.78, 5) is 2.46. The maximum absolute atomic E-state index is 6.92. The fraction of sp³-hybridized carbons (Fsp3) is 0.265. The van der Waals surface area contributed by atoms with Crippen LogP contribution in [0.15, 0.2) is 120 Å². The molecule has 0 radical (unpaired) electrons. The summed E-state index contributed by atoms with van der Waals surface area (Å²) in [5.41, 5.74) is 16.1. The molecule has 0 spiro atoms. The van der Waals surface area contributed by atoms with Crippen LogP contribution in [0.25, 0.3) is 44.2 Å². The Hall–Kier alpha value is -4.86. The summed E-state index contributed by atoms with van der Waals surface area (Å²) in [6.45, 7) is 23.5. The Morgan fingerprint density at radius 2 is 1.13 bits per heavy atom. The van der Waals surface area contributed by atoms with Crippen molar-refractivity contribution < 1.29 is 4.42 Å². The summed E-state index contributed by atoms with van der Waals surface area (Å²) in [5.74, 6) is 0. The van der Waals surface area contributed by atoms with Gasteiger partial charge in [-0.1, -0.05) is 135 Å². The highest BCUT2D eigenvalue weighted by Gasteiger charge is 2.39. The maximum Gasteiger partial charge on any atom is 0.139 e. The molecule has 1 aliphatic heterocycles. The number of anilines is 3. The van der Waals surface area contributed by atoms with E-state index in [1.54, 1.807) is 0 Å². The molecule has 0 amide bonds. The van der Waals surface area contributed by atoms with Gasteiger partial charge in [-0.2, -0.15) is 0 Å². The van der Waals surface area contributed by atoms with Gasteiger partial charge in [-0.15, -0.1) is 0 Å². The summed E-state index contributed by atoms with van der Waals surface area (Å²) in [6.07, 6.45) is 0. The van der Waals surface area contributed by atoms with E-state index in [9.17, 15) is 0 Å². The zero-order chi connectivity index (χ0) is 36.5. The smallest absolute Gasteiger partial charge is 0.139 e. The molecule has 1 aromatic heterocycles. The van der Waals surface area contributed by atoms with E-state index in [-0.39, 0.29) is 16.2 Å². The van der Waals surface area contributed by atoms with Crippen LogP contribution in [0.3, 0.4) is 0 Å². The number of fused-ring (bicyclic) bond motifs is 9. The van der Waals surface area contributed by atoms with Gasteiger partial charge in [-0.25, -0.2) is 0 Å². The van der Waals surface area contributed by atoms with E-state index in [4.69, 9.17) is 4.42 Å². The lowest BCUT2D eigenvalue weighted by atomic mass is 9.79. The predicted molar refractivity (Wildman–Crippen MR) is 226 cm³/mol. The first-order valence-corrected chi connectivity index (χ1v) is 21.9. The molecule has 0 unspecified atom stereocenters. The summed E-state index contributed by atoms with van der Waals surface area (Å²) >= 11 is 0. The Morgan fingerprint density at radius 1 is 0.538 bits per heavy atom. The summed E-state index contributed by atoms with van der Waals surface area (Å²) in [5, 5.41) is 5.39. The fourth-order valence-corrected chi connectivity index (χ4v) is 12.2. The van der Waals surface area contributed by atoms with Crippen LogP contribution < -0.4 is 15.3 Å². The monoisotopic (exact) mass is 695 g/mol.